The van der Waals surface area contributed by atoms with Crippen molar-refractivity contribution >= 4 is 0 Å². The van der Waals surface area contributed by atoms with E-state index in [1.165, 1.54) is 0 Å². The Labute approximate surface area is 101 Å². The summed E-state index contributed by atoms with van der Waals surface area (Å²) in [6, 6.07) is 9.55. The van der Waals surface area contributed by atoms with Gasteiger partial charge in [0.2, 0.25) is 0 Å². The van der Waals surface area contributed by atoms with E-state index in [0.29, 0.717) is 5.56 Å². The molecule has 4 nitrogen and oxygen atoms in total. The van der Waals surface area contributed by atoms with E-state index in [1.807, 2.05) is 36.7 Å². The molecule has 0 radical (unpaired) electrons. The van der Waals surface area contributed by atoms with Crippen molar-refractivity contribution in [2.45, 2.75) is 26.7 Å². The van der Waals surface area contributed by atoms with E-state index in [4.69, 9.17) is 5.26 Å². The lowest BCUT2D eigenvalue weighted by atomic mass is 10.2. The van der Waals surface area contributed by atoms with Gasteiger partial charge in [-0.3, -0.25) is 0 Å². The van der Waals surface area contributed by atoms with Gasteiger partial charge in [0.25, 0.3) is 0 Å². The number of nitriles is 1. The van der Waals surface area contributed by atoms with Crippen LogP contribution in [0.1, 0.15) is 31.1 Å². The fourth-order valence-corrected chi connectivity index (χ4v) is 1.68. The van der Waals surface area contributed by atoms with E-state index >= 15 is 0 Å². The maximum Gasteiger partial charge on any atom is 0.151 e. The van der Waals surface area contributed by atoms with Crippen LogP contribution in [0.5, 0.6) is 0 Å². The number of hydrogen-bond donors (Lipinski definition) is 0. The molecule has 0 fully saturated rings. The third-order valence-electron chi connectivity index (χ3n) is 2.57. The number of aryl methyl sites for hydroxylation is 2. The fraction of sp³-hybridized carbons (Fsp3) is 0.308. The molecule has 0 aliphatic carbocycles. The van der Waals surface area contributed by atoms with Gasteiger partial charge in [-0.25, -0.2) is 9.67 Å². The summed E-state index contributed by atoms with van der Waals surface area (Å²) in [5.74, 6) is 1.76. The van der Waals surface area contributed by atoms with Crippen LogP contribution < -0.4 is 0 Å². The Balaban J connectivity index is 2.51. The van der Waals surface area contributed by atoms with Crippen LogP contribution in [0.3, 0.4) is 0 Å². The first-order valence-corrected chi connectivity index (χ1v) is 5.73. The van der Waals surface area contributed by atoms with Gasteiger partial charge in [-0.15, -0.1) is 0 Å². The van der Waals surface area contributed by atoms with Crippen LogP contribution in [0, 0.1) is 11.3 Å². The molecule has 0 N–H and O–H groups in total. The summed E-state index contributed by atoms with van der Waals surface area (Å²) < 4.78 is 1.82. The number of hydrogen-bond acceptors (Lipinski definition) is 3. The first-order valence-electron chi connectivity index (χ1n) is 5.73. The second-order valence-electron chi connectivity index (χ2n) is 3.73. The summed E-state index contributed by atoms with van der Waals surface area (Å²) in [6.07, 6.45) is 1.64. The predicted octanol–water partition coefficient (Wildman–Crippen LogP) is 2.26. The molecule has 0 aliphatic rings. The van der Waals surface area contributed by atoms with Gasteiger partial charge in [-0.1, -0.05) is 19.9 Å². The molecule has 0 saturated heterocycles. The standard InChI is InChI=1S/C13H14N4/c1-3-12-15-13(4-2)17(16-12)11-7-5-6-10(8-11)9-14/h5-8H,3-4H2,1-2H3. The Hall–Kier alpha value is -2.15. The molecule has 1 aromatic heterocycles. The Morgan fingerprint density at radius 1 is 1.29 bits per heavy atom. The Kier molecular flexibility index (Phi) is 3.20. The molecule has 2 rings (SSSR count). The second-order valence-corrected chi connectivity index (χ2v) is 3.73. The Morgan fingerprint density at radius 2 is 2.12 bits per heavy atom. The van der Waals surface area contributed by atoms with E-state index in [9.17, 15) is 0 Å². The molecule has 0 unspecified atom stereocenters. The summed E-state index contributed by atoms with van der Waals surface area (Å²) in [4.78, 5) is 4.45. The molecule has 0 bridgehead atoms. The van der Waals surface area contributed by atoms with Crippen LogP contribution in [0.4, 0.5) is 0 Å². The van der Waals surface area contributed by atoms with Gasteiger partial charge in [0.1, 0.15) is 5.82 Å². The maximum absolute atomic E-state index is 8.89. The molecule has 0 aliphatic heterocycles. The number of aromatic nitrogens is 3. The van der Waals surface area contributed by atoms with E-state index < -0.39 is 0 Å². The SMILES string of the molecule is CCc1nc(CC)n(-c2cccc(C#N)c2)n1. The van der Waals surface area contributed by atoms with E-state index in [1.54, 1.807) is 6.07 Å². The van der Waals surface area contributed by atoms with Crippen molar-refractivity contribution in [3.8, 4) is 11.8 Å². The summed E-state index contributed by atoms with van der Waals surface area (Å²) in [7, 11) is 0. The molecule has 17 heavy (non-hydrogen) atoms. The minimum absolute atomic E-state index is 0.637. The molecule has 1 heterocycles. The largest absolute Gasteiger partial charge is 0.218 e. The van der Waals surface area contributed by atoms with E-state index in [-0.39, 0.29) is 0 Å². The van der Waals surface area contributed by atoms with Crippen LogP contribution in [0.15, 0.2) is 24.3 Å². The van der Waals surface area contributed by atoms with Gasteiger partial charge >= 0.3 is 0 Å². The summed E-state index contributed by atoms with van der Waals surface area (Å²) in [5, 5.41) is 13.3. The smallest absolute Gasteiger partial charge is 0.151 e. The van der Waals surface area contributed by atoms with Crippen molar-refractivity contribution in [2.75, 3.05) is 0 Å². The minimum Gasteiger partial charge on any atom is -0.218 e. The highest BCUT2D eigenvalue weighted by molar-refractivity contribution is 5.41. The molecular formula is C13H14N4. The lowest BCUT2D eigenvalue weighted by molar-refractivity contribution is 0.791. The van der Waals surface area contributed by atoms with Crippen LogP contribution in [-0.2, 0) is 12.8 Å². The molecule has 0 spiro atoms. The average Bonchev–Trinajstić information content (AvgIpc) is 2.82. The lowest BCUT2D eigenvalue weighted by Gasteiger charge is -2.03. The molecule has 0 atom stereocenters. The summed E-state index contributed by atoms with van der Waals surface area (Å²) >= 11 is 0. The minimum atomic E-state index is 0.637. The number of nitrogens with zero attached hydrogens (tertiary/aromatic N) is 4. The lowest BCUT2D eigenvalue weighted by Crippen LogP contribution is -2.02. The van der Waals surface area contributed by atoms with Crippen molar-refractivity contribution in [1.29, 1.82) is 5.26 Å². The van der Waals surface area contributed by atoms with Gasteiger partial charge < -0.3 is 0 Å². The van der Waals surface area contributed by atoms with Crippen LogP contribution in [0.25, 0.3) is 5.69 Å². The Morgan fingerprint density at radius 3 is 2.76 bits per heavy atom. The second kappa shape index (κ2) is 4.79. The van der Waals surface area contributed by atoms with Crippen LogP contribution in [0.2, 0.25) is 0 Å². The molecule has 0 saturated carbocycles. The predicted molar refractivity (Wildman–Crippen MR) is 64.8 cm³/mol. The molecular weight excluding hydrogens is 212 g/mol. The highest BCUT2D eigenvalue weighted by Gasteiger charge is 2.09. The first kappa shape index (κ1) is 11.3. The van der Waals surface area contributed by atoms with E-state index in [2.05, 4.69) is 16.2 Å². The van der Waals surface area contributed by atoms with Crippen molar-refractivity contribution in [3.05, 3.63) is 41.5 Å². The number of benzene rings is 1. The third kappa shape index (κ3) is 2.18. The van der Waals surface area contributed by atoms with Crippen molar-refractivity contribution in [1.82, 2.24) is 14.8 Å². The first-order chi connectivity index (χ1) is 8.28. The van der Waals surface area contributed by atoms with Crippen LogP contribution >= 0.6 is 0 Å². The average molecular weight is 226 g/mol. The molecule has 86 valence electrons. The van der Waals surface area contributed by atoms with Gasteiger partial charge in [0.15, 0.2) is 5.82 Å². The topological polar surface area (TPSA) is 54.5 Å². The van der Waals surface area contributed by atoms with Crippen molar-refractivity contribution < 1.29 is 0 Å². The zero-order chi connectivity index (χ0) is 12.3. The van der Waals surface area contributed by atoms with Crippen molar-refractivity contribution in [2.24, 2.45) is 0 Å². The monoisotopic (exact) mass is 226 g/mol. The van der Waals surface area contributed by atoms with Gasteiger partial charge in [0, 0.05) is 12.8 Å². The Bertz CT molecular complexity index is 563. The van der Waals surface area contributed by atoms with Gasteiger partial charge in [-0.2, -0.15) is 10.4 Å². The quantitative estimate of drug-likeness (QED) is 0.806. The zero-order valence-corrected chi connectivity index (χ0v) is 10.0. The summed E-state index contributed by atoms with van der Waals surface area (Å²) in [5.41, 5.74) is 1.53. The maximum atomic E-state index is 8.89. The summed E-state index contributed by atoms with van der Waals surface area (Å²) in [6.45, 7) is 4.08. The molecule has 0 amide bonds. The highest BCUT2D eigenvalue weighted by atomic mass is 15.3. The number of rotatable bonds is 3. The van der Waals surface area contributed by atoms with E-state index in [0.717, 1.165) is 30.2 Å². The zero-order valence-electron chi connectivity index (χ0n) is 10.0. The van der Waals surface area contributed by atoms with Gasteiger partial charge in [-0.05, 0) is 18.2 Å². The normalized spacial score (nSPS) is 10.2. The highest BCUT2D eigenvalue weighted by Crippen LogP contribution is 2.12. The third-order valence-corrected chi connectivity index (χ3v) is 2.57. The van der Waals surface area contributed by atoms with Crippen LogP contribution in [-0.4, -0.2) is 14.8 Å². The van der Waals surface area contributed by atoms with Crippen molar-refractivity contribution in [3.63, 3.8) is 0 Å². The van der Waals surface area contributed by atoms with Gasteiger partial charge in [0.05, 0.1) is 17.3 Å². The molecule has 1 aromatic carbocycles. The fourth-order valence-electron chi connectivity index (χ4n) is 1.68. The molecule has 2 aromatic rings. The molecule has 4 heteroatoms.